The molecule has 2 aromatic rings. The Balaban J connectivity index is 0.00000450. The molecule has 2 rings (SSSR count). The second-order valence-electron chi connectivity index (χ2n) is 6.50. The fraction of sp³-hybridized carbons (Fsp3) is 0.300. The number of carbonyl (C=O) groups is 1. The Bertz CT molecular complexity index is 980. The lowest BCUT2D eigenvalue weighted by atomic mass is 10.1. The number of hydrogen-bond acceptors (Lipinski definition) is 4. The molecule has 0 fully saturated rings. The van der Waals surface area contributed by atoms with Crippen molar-refractivity contribution in [1.29, 1.82) is 0 Å². The number of benzene rings is 2. The van der Waals surface area contributed by atoms with Crippen LogP contribution in [0.5, 0.6) is 0 Å². The monoisotopic (exact) mass is 548 g/mol. The summed E-state index contributed by atoms with van der Waals surface area (Å²) in [6.07, 6.45) is 0. The quantitative estimate of drug-likeness (QED) is 0.315. The van der Waals surface area contributed by atoms with Crippen molar-refractivity contribution in [1.82, 2.24) is 15.5 Å². The average molecular weight is 548 g/mol. The van der Waals surface area contributed by atoms with E-state index >= 15 is 0 Å². The molecule has 10 heteroatoms. The number of nitrogens with one attached hydrogen (secondary N) is 2. The van der Waals surface area contributed by atoms with Gasteiger partial charge in [0.05, 0.1) is 5.75 Å². The van der Waals surface area contributed by atoms with Crippen molar-refractivity contribution in [2.24, 2.45) is 4.99 Å². The SMILES string of the molecule is CN=C(NCCS(=O)(=O)c1ccccc1F)NCc1ccc(C(=O)N(C)C)cc1.I. The van der Waals surface area contributed by atoms with Crippen LogP contribution in [-0.4, -0.2) is 58.6 Å². The van der Waals surface area contributed by atoms with Crippen molar-refractivity contribution in [2.45, 2.75) is 11.4 Å². The fourth-order valence-corrected chi connectivity index (χ4v) is 3.78. The Kier molecular flexibility index (Phi) is 10.2. The zero-order valence-corrected chi connectivity index (χ0v) is 20.2. The molecule has 30 heavy (non-hydrogen) atoms. The summed E-state index contributed by atoms with van der Waals surface area (Å²) in [5, 5.41) is 5.98. The normalized spacial score (nSPS) is 11.4. The number of nitrogens with zero attached hydrogens (tertiary/aromatic N) is 2. The van der Waals surface area contributed by atoms with Gasteiger partial charge < -0.3 is 15.5 Å². The van der Waals surface area contributed by atoms with E-state index in [1.165, 1.54) is 23.1 Å². The molecule has 2 N–H and O–H groups in total. The number of carbonyl (C=O) groups excluding carboxylic acids is 1. The van der Waals surface area contributed by atoms with Crippen molar-refractivity contribution in [2.75, 3.05) is 33.4 Å². The molecule has 0 aliphatic heterocycles. The third kappa shape index (κ3) is 7.24. The Morgan fingerprint density at radius 3 is 2.27 bits per heavy atom. The van der Waals surface area contributed by atoms with Gasteiger partial charge in [-0.15, -0.1) is 24.0 Å². The van der Waals surface area contributed by atoms with Gasteiger partial charge in [0.2, 0.25) is 0 Å². The number of sulfone groups is 1. The predicted molar refractivity (Wildman–Crippen MR) is 127 cm³/mol. The summed E-state index contributed by atoms with van der Waals surface area (Å²) in [6, 6.07) is 12.5. The maximum absolute atomic E-state index is 13.7. The molecule has 1 amide bonds. The molecule has 0 atom stereocenters. The van der Waals surface area contributed by atoms with E-state index in [0.717, 1.165) is 11.6 Å². The van der Waals surface area contributed by atoms with E-state index in [1.807, 2.05) is 12.1 Å². The third-order valence-corrected chi connectivity index (χ3v) is 5.87. The number of aliphatic imine (C=N–C) groups is 1. The zero-order chi connectivity index (χ0) is 21.4. The van der Waals surface area contributed by atoms with Crippen molar-refractivity contribution in [3.05, 3.63) is 65.5 Å². The van der Waals surface area contributed by atoms with Crippen LogP contribution >= 0.6 is 24.0 Å². The van der Waals surface area contributed by atoms with Gasteiger partial charge in [-0.1, -0.05) is 24.3 Å². The summed E-state index contributed by atoms with van der Waals surface area (Å²) in [7, 11) is 1.22. The van der Waals surface area contributed by atoms with Gasteiger partial charge in [0.25, 0.3) is 5.91 Å². The lowest BCUT2D eigenvalue weighted by Crippen LogP contribution is -2.39. The molecule has 2 aromatic carbocycles. The molecule has 0 aliphatic rings. The standard InChI is InChI=1S/C20H25FN4O3S.HI/c1-22-20(23-12-13-29(27,28)18-7-5-4-6-17(18)21)24-14-15-8-10-16(11-9-15)19(26)25(2)3;/h4-11H,12-14H2,1-3H3,(H2,22,23,24);1H. The van der Waals surface area contributed by atoms with Crippen LogP contribution in [0.1, 0.15) is 15.9 Å². The minimum absolute atomic E-state index is 0. The van der Waals surface area contributed by atoms with Crippen molar-refractivity contribution < 1.29 is 17.6 Å². The van der Waals surface area contributed by atoms with Crippen LogP contribution in [0.3, 0.4) is 0 Å². The molecule has 0 radical (unpaired) electrons. The Morgan fingerprint density at radius 1 is 1.07 bits per heavy atom. The van der Waals surface area contributed by atoms with E-state index < -0.39 is 15.7 Å². The molecule has 0 heterocycles. The number of rotatable bonds is 7. The maximum atomic E-state index is 13.7. The highest BCUT2D eigenvalue weighted by molar-refractivity contribution is 14.0. The second-order valence-corrected chi connectivity index (χ2v) is 8.58. The van der Waals surface area contributed by atoms with Crippen molar-refractivity contribution in [3.63, 3.8) is 0 Å². The van der Waals surface area contributed by atoms with Gasteiger partial charge in [0.15, 0.2) is 15.8 Å². The van der Waals surface area contributed by atoms with Crippen LogP contribution in [0.2, 0.25) is 0 Å². The van der Waals surface area contributed by atoms with Gasteiger partial charge in [-0.05, 0) is 29.8 Å². The highest BCUT2D eigenvalue weighted by Crippen LogP contribution is 2.14. The molecule has 0 saturated heterocycles. The number of halogens is 2. The molecule has 7 nitrogen and oxygen atoms in total. The minimum atomic E-state index is -3.74. The molecule has 0 aromatic heterocycles. The molecule has 0 saturated carbocycles. The van der Waals surface area contributed by atoms with Crippen LogP contribution in [0.25, 0.3) is 0 Å². The second kappa shape index (κ2) is 11.8. The number of guanidine groups is 1. The number of amides is 1. The zero-order valence-electron chi connectivity index (χ0n) is 17.1. The van der Waals surface area contributed by atoms with Gasteiger partial charge >= 0.3 is 0 Å². The predicted octanol–water partition coefficient (Wildman–Crippen LogP) is 2.28. The molecular weight excluding hydrogens is 522 g/mol. The van der Waals surface area contributed by atoms with Crippen molar-refractivity contribution >= 4 is 45.7 Å². The van der Waals surface area contributed by atoms with Crippen molar-refractivity contribution in [3.8, 4) is 0 Å². The summed E-state index contributed by atoms with van der Waals surface area (Å²) >= 11 is 0. The first kappa shape index (κ1) is 25.8. The highest BCUT2D eigenvalue weighted by Gasteiger charge is 2.18. The lowest BCUT2D eigenvalue weighted by Gasteiger charge is -2.13. The van der Waals surface area contributed by atoms with Crippen LogP contribution in [-0.2, 0) is 16.4 Å². The van der Waals surface area contributed by atoms with E-state index in [4.69, 9.17) is 0 Å². The largest absolute Gasteiger partial charge is 0.355 e. The first-order chi connectivity index (χ1) is 13.7. The van der Waals surface area contributed by atoms with E-state index in [9.17, 15) is 17.6 Å². The molecule has 0 aliphatic carbocycles. The van der Waals surface area contributed by atoms with E-state index in [-0.39, 0.29) is 47.1 Å². The molecule has 164 valence electrons. The molecular formula is C20H26FIN4O3S. The molecule has 0 spiro atoms. The first-order valence-corrected chi connectivity index (χ1v) is 10.6. The average Bonchev–Trinajstić information content (AvgIpc) is 2.70. The topological polar surface area (TPSA) is 90.9 Å². The highest BCUT2D eigenvalue weighted by atomic mass is 127. The molecule has 0 bridgehead atoms. The third-order valence-electron chi connectivity index (χ3n) is 4.13. The number of hydrogen-bond donors (Lipinski definition) is 2. The van der Waals surface area contributed by atoms with Crippen LogP contribution < -0.4 is 10.6 Å². The van der Waals surface area contributed by atoms with E-state index in [0.29, 0.717) is 18.1 Å². The Hall–Kier alpha value is -2.21. The summed E-state index contributed by atoms with van der Waals surface area (Å²) < 4.78 is 38.2. The lowest BCUT2D eigenvalue weighted by molar-refractivity contribution is 0.0827. The summed E-state index contributed by atoms with van der Waals surface area (Å²) in [6.45, 7) is 0.517. The van der Waals surface area contributed by atoms with E-state index in [1.54, 1.807) is 33.3 Å². The Labute approximate surface area is 193 Å². The van der Waals surface area contributed by atoms with Gasteiger partial charge in [-0.25, -0.2) is 12.8 Å². The van der Waals surface area contributed by atoms with Gasteiger partial charge in [-0.3, -0.25) is 9.79 Å². The van der Waals surface area contributed by atoms with Gasteiger partial charge in [0.1, 0.15) is 10.7 Å². The summed E-state index contributed by atoms with van der Waals surface area (Å²) in [5.41, 5.74) is 1.53. The smallest absolute Gasteiger partial charge is 0.253 e. The first-order valence-electron chi connectivity index (χ1n) is 8.97. The van der Waals surface area contributed by atoms with Crippen LogP contribution in [0.4, 0.5) is 4.39 Å². The minimum Gasteiger partial charge on any atom is -0.355 e. The van der Waals surface area contributed by atoms with Crippen LogP contribution in [0, 0.1) is 5.82 Å². The van der Waals surface area contributed by atoms with Crippen LogP contribution in [0.15, 0.2) is 58.4 Å². The van der Waals surface area contributed by atoms with Gasteiger partial charge in [-0.2, -0.15) is 0 Å². The summed E-state index contributed by atoms with van der Waals surface area (Å²) in [5.74, 6) is -0.679. The maximum Gasteiger partial charge on any atom is 0.253 e. The van der Waals surface area contributed by atoms with Gasteiger partial charge in [0, 0.05) is 39.8 Å². The molecule has 0 unspecified atom stereocenters. The Morgan fingerprint density at radius 2 is 1.70 bits per heavy atom. The summed E-state index contributed by atoms with van der Waals surface area (Å²) in [4.78, 5) is 17.1. The fourth-order valence-electron chi connectivity index (χ4n) is 2.54. The van der Waals surface area contributed by atoms with E-state index in [2.05, 4.69) is 15.6 Å².